The molecule has 0 saturated carbocycles. The van der Waals surface area contributed by atoms with Crippen molar-refractivity contribution in [1.82, 2.24) is 0 Å². The van der Waals surface area contributed by atoms with Crippen LogP contribution < -0.4 is 37.2 Å². The van der Waals surface area contributed by atoms with Gasteiger partial charge in [0.25, 0.3) is 0 Å². The van der Waals surface area contributed by atoms with Gasteiger partial charge in [0, 0.05) is 18.6 Å². The van der Waals surface area contributed by atoms with Gasteiger partial charge in [-0.25, -0.2) is 24.3 Å². The van der Waals surface area contributed by atoms with Crippen LogP contribution in [-0.2, 0) is 18.6 Å². The fourth-order valence-electron chi connectivity index (χ4n) is 0.940. The van der Waals surface area contributed by atoms with Crippen molar-refractivity contribution < 1.29 is 55.8 Å². The first-order chi connectivity index (χ1) is 5.79. The molecule has 0 aliphatic heterocycles. The molecule has 16 heavy (non-hydrogen) atoms. The van der Waals surface area contributed by atoms with E-state index in [1.807, 2.05) is 24.3 Å². The molecule has 0 atom stereocenters. The molecule has 2 aromatic carbocycles. The Balaban J connectivity index is -0.0000000720. The van der Waals surface area contributed by atoms with Gasteiger partial charge in [-0.2, -0.15) is 35.4 Å². The Hall–Kier alpha value is 0.154. The topological polar surface area (TPSA) is 0 Å². The van der Waals surface area contributed by atoms with Crippen LogP contribution >= 0.6 is 0 Å². The maximum absolute atomic E-state index is 2.08. The summed E-state index contributed by atoms with van der Waals surface area (Å²) in [6, 6.07) is 16.5. The standard InChI is InChI=1S/2C6H7.3ClH.V/c2*1-6-4-2-3-5-6;;;;/h2*2-5H,1H3;3*1H;/q2*-1;;;;/p-3. The van der Waals surface area contributed by atoms with Crippen molar-refractivity contribution in [2.75, 3.05) is 0 Å². The van der Waals surface area contributed by atoms with E-state index in [1.165, 1.54) is 11.1 Å². The summed E-state index contributed by atoms with van der Waals surface area (Å²) in [5, 5.41) is 0. The summed E-state index contributed by atoms with van der Waals surface area (Å²) in [5.41, 5.74) is 2.69. The summed E-state index contributed by atoms with van der Waals surface area (Å²) in [5.74, 6) is 0. The third-order valence-electron chi connectivity index (χ3n) is 1.66. The molecule has 0 saturated heterocycles. The van der Waals surface area contributed by atoms with Crippen LogP contribution in [0.2, 0.25) is 0 Å². The van der Waals surface area contributed by atoms with Crippen molar-refractivity contribution in [3.05, 3.63) is 59.7 Å². The van der Waals surface area contributed by atoms with E-state index in [2.05, 4.69) is 38.1 Å². The smallest absolute Gasteiger partial charge is 0 e. The van der Waals surface area contributed by atoms with Gasteiger partial charge in [-0.1, -0.05) is 13.8 Å². The quantitative estimate of drug-likeness (QED) is 0.426. The van der Waals surface area contributed by atoms with Crippen molar-refractivity contribution in [3.8, 4) is 0 Å². The van der Waals surface area contributed by atoms with E-state index in [9.17, 15) is 0 Å². The van der Waals surface area contributed by atoms with Gasteiger partial charge in [-0.05, 0) is 0 Å². The molecular formula is C12H14Cl3V-5. The molecule has 1 radical (unpaired) electrons. The first-order valence-corrected chi connectivity index (χ1v) is 4.15. The van der Waals surface area contributed by atoms with Crippen molar-refractivity contribution in [3.63, 3.8) is 0 Å². The third kappa shape index (κ3) is 12.2. The van der Waals surface area contributed by atoms with Crippen molar-refractivity contribution in [2.45, 2.75) is 13.8 Å². The Morgan fingerprint density at radius 2 is 0.750 bits per heavy atom. The average Bonchev–Trinajstić information content (AvgIpc) is 2.63. The minimum atomic E-state index is 0. The average molecular weight is 316 g/mol. The Bertz CT molecular complexity index is 256. The molecule has 0 aliphatic carbocycles. The second-order valence-corrected chi connectivity index (χ2v) is 2.92. The Labute approximate surface area is 129 Å². The summed E-state index contributed by atoms with van der Waals surface area (Å²) < 4.78 is 0. The molecule has 2 rings (SSSR count). The van der Waals surface area contributed by atoms with Crippen molar-refractivity contribution >= 4 is 0 Å². The second-order valence-electron chi connectivity index (χ2n) is 2.92. The third-order valence-corrected chi connectivity index (χ3v) is 1.66. The molecule has 0 N–H and O–H groups in total. The first-order valence-electron chi connectivity index (χ1n) is 4.15. The van der Waals surface area contributed by atoms with E-state index in [1.54, 1.807) is 0 Å². The first kappa shape index (κ1) is 25.1. The molecule has 93 valence electrons. The molecule has 0 heterocycles. The summed E-state index contributed by atoms with van der Waals surface area (Å²) in [4.78, 5) is 0. The largest absolute Gasteiger partial charge is 1.00 e. The van der Waals surface area contributed by atoms with Crippen LogP contribution in [0.3, 0.4) is 0 Å². The molecular weight excluding hydrogens is 301 g/mol. The second kappa shape index (κ2) is 15.2. The van der Waals surface area contributed by atoms with Gasteiger partial charge in [0.2, 0.25) is 0 Å². The minimum absolute atomic E-state index is 0. The predicted octanol–water partition coefficient (Wildman–Crippen LogP) is -5.56. The maximum atomic E-state index is 2.08. The zero-order valence-corrected chi connectivity index (χ0v) is 12.9. The van der Waals surface area contributed by atoms with Gasteiger partial charge in [-0.15, -0.1) is 0 Å². The Kier molecular flexibility index (Phi) is 23.8. The molecule has 0 fully saturated rings. The number of aryl methyl sites for hydroxylation is 2. The monoisotopic (exact) mass is 314 g/mol. The zero-order valence-electron chi connectivity index (χ0n) is 9.20. The molecule has 4 heteroatoms. The Morgan fingerprint density at radius 1 is 0.562 bits per heavy atom. The fourth-order valence-corrected chi connectivity index (χ4v) is 0.940. The summed E-state index contributed by atoms with van der Waals surface area (Å²) >= 11 is 0. The number of halogens is 3. The molecule has 0 unspecified atom stereocenters. The predicted molar refractivity (Wildman–Crippen MR) is 53.5 cm³/mol. The van der Waals surface area contributed by atoms with E-state index >= 15 is 0 Å². The maximum Gasteiger partial charge on any atom is 0 e. The summed E-state index contributed by atoms with van der Waals surface area (Å²) in [6.07, 6.45) is 0. The SMILES string of the molecule is C[c-]1cccc1.C[c-]1cccc1.[Cl-].[Cl-].[Cl-].[V]. The van der Waals surface area contributed by atoms with E-state index in [0.29, 0.717) is 0 Å². The number of hydrogen-bond acceptors (Lipinski definition) is 0. The number of rotatable bonds is 0. The van der Waals surface area contributed by atoms with Crippen LogP contribution in [0, 0.1) is 13.8 Å². The van der Waals surface area contributed by atoms with E-state index in [-0.39, 0.29) is 55.8 Å². The van der Waals surface area contributed by atoms with Gasteiger partial charge < -0.3 is 37.2 Å². The molecule has 0 bridgehead atoms. The van der Waals surface area contributed by atoms with E-state index < -0.39 is 0 Å². The van der Waals surface area contributed by atoms with Crippen LogP contribution in [0.4, 0.5) is 0 Å². The van der Waals surface area contributed by atoms with Crippen LogP contribution in [0.15, 0.2) is 48.5 Å². The normalized spacial score (nSPS) is 6.62. The van der Waals surface area contributed by atoms with Gasteiger partial charge >= 0.3 is 0 Å². The molecule has 2 aromatic rings. The van der Waals surface area contributed by atoms with Gasteiger partial charge in [0.15, 0.2) is 0 Å². The molecule has 0 spiro atoms. The summed E-state index contributed by atoms with van der Waals surface area (Å²) in [6.45, 7) is 4.17. The Morgan fingerprint density at radius 3 is 0.812 bits per heavy atom. The van der Waals surface area contributed by atoms with Crippen LogP contribution in [0.5, 0.6) is 0 Å². The molecule has 0 amide bonds. The zero-order chi connectivity index (χ0) is 8.81. The number of hydrogen-bond donors (Lipinski definition) is 0. The van der Waals surface area contributed by atoms with Gasteiger partial charge in [0.1, 0.15) is 0 Å². The van der Waals surface area contributed by atoms with Crippen LogP contribution in [0.25, 0.3) is 0 Å². The van der Waals surface area contributed by atoms with E-state index in [0.717, 1.165) is 0 Å². The minimum Gasteiger partial charge on any atom is -1.00 e. The van der Waals surface area contributed by atoms with Crippen LogP contribution in [-0.4, -0.2) is 0 Å². The summed E-state index contributed by atoms with van der Waals surface area (Å²) in [7, 11) is 0. The van der Waals surface area contributed by atoms with Gasteiger partial charge in [-0.3, -0.25) is 0 Å². The van der Waals surface area contributed by atoms with Crippen molar-refractivity contribution in [1.29, 1.82) is 0 Å². The fraction of sp³-hybridized carbons (Fsp3) is 0.167. The molecule has 0 aliphatic rings. The van der Waals surface area contributed by atoms with E-state index in [4.69, 9.17) is 0 Å². The van der Waals surface area contributed by atoms with Crippen LogP contribution in [0.1, 0.15) is 11.1 Å². The van der Waals surface area contributed by atoms with Gasteiger partial charge in [0.05, 0.1) is 0 Å². The van der Waals surface area contributed by atoms with Crippen molar-refractivity contribution in [2.24, 2.45) is 0 Å². The molecule has 0 aromatic heterocycles. The molecule has 0 nitrogen and oxygen atoms in total.